The Morgan fingerprint density at radius 1 is 1.22 bits per heavy atom. The standard InChI is InChI=1S/C22H28N6O3.ClH/c1-4-6-16-18-19(27(3)26-16)21(29)25-20(24-18)15-13-14(7-8-17(15)31-5-2)22(30)28-11-9-23-10-12-28;/h7-8,13,23H,4-6,9-12H2,1-3H3,(H,24,25,29);1H. The molecule has 2 N–H and O–H groups in total. The number of ether oxygens (including phenoxy) is 1. The maximum atomic E-state index is 13.0. The molecule has 1 fully saturated rings. The van der Waals surface area contributed by atoms with Crippen LogP contribution in [0.25, 0.3) is 22.4 Å². The zero-order valence-electron chi connectivity index (χ0n) is 18.6. The largest absolute Gasteiger partial charge is 0.493 e. The molecule has 32 heavy (non-hydrogen) atoms. The van der Waals surface area contributed by atoms with Gasteiger partial charge in [0.2, 0.25) is 0 Å². The van der Waals surface area contributed by atoms with Crippen LogP contribution in [0.3, 0.4) is 0 Å². The summed E-state index contributed by atoms with van der Waals surface area (Å²) in [6.45, 7) is 7.30. The molecule has 3 heterocycles. The summed E-state index contributed by atoms with van der Waals surface area (Å²) in [7, 11) is 1.75. The van der Waals surface area contributed by atoms with E-state index in [1.54, 1.807) is 29.9 Å². The molecule has 10 heteroatoms. The Hall–Kier alpha value is -2.91. The van der Waals surface area contributed by atoms with Crippen molar-refractivity contribution >= 4 is 29.3 Å². The topological polar surface area (TPSA) is 105 Å². The van der Waals surface area contributed by atoms with Crippen molar-refractivity contribution < 1.29 is 9.53 Å². The van der Waals surface area contributed by atoms with Gasteiger partial charge in [0.25, 0.3) is 11.5 Å². The maximum Gasteiger partial charge on any atom is 0.277 e. The zero-order chi connectivity index (χ0) is 22.0. The third-order valence-corrected chi connectivity index (χ3v) is 5.44. The first-order valence-electron chi connectivity index (χ1n) is 10.8. The first-order chi connectivity index (χ1) is 15.0. The highest BCUT2D eigenvalue weighted by atomic mass is 35.5. The lowest BCUT2D eigenvalue weighted by Crippen LogP contribution is -2.46. The van der Waals surface area contributed by atoms with Gasteiger partial charge in [-0.15, -0.1) is 12.4 Å². The number of rotatable bonds is 6. The van der Waals surface area contributed by atoms with Crippen LogP contribution in [-0.4, -0.2) is 63.3 Å². The minimum atomic E-state index is -0.265. The van der Waals surface area contributed by atoms with Crippen molar-refractivity contribution in [2.24, 2.45) is 7.05 Å². The Morgan fingerprint density at radius 2 is 1.97 bits per heavy atom. The number of benzene rings is 1. The van der Waals surface area contributed by atoms with E-state index in [2.05, 4.69) is 22.3 Å². The molecule has 0 aliphatic carbocycles. The molecule has 1 aliphatic heterocycles. The Morgan fingerprint density at radius 3 is 2.66 bits per heavy atom. The van der Waals surface area contributed by atoms with Crippen LogP contribution in [0.4, 0.5) is 0 Å². The van der Waals surface area contributed by atoms with Crippen LogP contribution in [0.2, 0.25) is 0 Å². The summed E-state index contributed by atoms with van der Waals surface area (Å²) in [5.74, 6) is 0.909. The van der Waals surface area contributed by atoms with Crippen LogP contribution >= 0.6 is 12.4 Å². The molecule has 9 nitrogen and oxygen atoms in total. The molecule has 1 saturated heterocycles. The minimum Gasteiger partial charge on any atom is -0.493 e. The van der Waals surface area contributed by atoms with E-state index in [1.807, 2.05) is 11.8 Å². The maximum absolute atomic E-state index is 13.0. The fourth-order valence-electron chi connectivity index (χ4n) is 3.96. The average Bonchev–Trinajstić information content (AvgIpc) is 3.10. The first-order valence-corrected chi connectivity index (χ1v) is 10.8. The second-order valence-electron chi connectivity index (χ2n) is 7.62. The predicted molar refractivity (Wildman–Crippen MR) is 126 cm³/mol. The summed E-state index contributed by atoms with van der Waals surface area (Å²) in [4.78, 5) is 35.3. The third kappa shape index (κ3) is 4.49. The molecule has 0 unspecified atom stereocenters. The number of hydrogen-bond donors (Lipinski definition) is 2. The molecule has 2 aromatic heterocycles. The number of amides is 1. The molecule has 0 saturated carbocycles. The minimum absolute atomic E-state index is 0. The summed E-state index contributed by atoms with van der Waals surface area (Å²) < 4.78 is 7.36. The molecule has 4 rings (SSSR count). The van der Waals surface area contributed by atoms with Crippen LogP contribution in [0.1, 0.15) is 36.3 Å². The second kappa shape index (κ2) is 10.1. The number of nitrogens with zero attached hydrogens (tertiary/aromatic N) is 4. The highest BCUT2D eigenvalue weighted by Crippen LogP contribution is 2.30. The van der Waals surface area contributed by atoms with E-state index >= 15 is 0 Å². The molecule has 1 amide bonds. The van der Waals surface area contributed by atoms with Crippen molar-refractivity contribution in [3.05, 3.63) is 39.8 Å². The SMILES string of the molecule is CCCc1nn(C)c2c(=O)[nH]c(-c3cc(C(=O)N4CCNCC4)ccc3OCC)nc12.Cl. The number of aromatic nitrogens is 4. The summed E-state index contributed by atoms with van der Waals surface area (Å²) in [6.07, 6.45) is 1.63. The van der Waals surface area contributed by atoms with Crippen LogP contribution in [0.15, 0.2) is 23.0 Å². The quantitative estimate of drug-likeness (QED) is 0.584. The van der Waals surface area contributed by atoms with Crippen molar-refractivity contribution in [2.45, 2.75) is 26.7 Å². The summed E-state index contributed by atoms with van der Waals surface area (Å²) in [6, 6.07) is 5.30. The summed E-state index contributed by atoms with van der Waals surface area (Å²) in [5.41, 5.74) is 2.69. The van der Waals surface area contributed by atoms with Gasteiger partial charge in [0, 0.05) is 38.8 Å². The van der Waals surface area contributed by atoms with Crippen LogP contribution in [0, 0.1) is 0 Å². The predicted octanol–water partition coefficient (Wildman–Crippen LogP) is 2.14. The summed E-state index contributed by atoms with van der Waals surface area (Å²) >= 11 is 0. The molecule has 1 aromatic carbocycles. The first kappa shape index (κ1) is 23.7. The van der Waals surface area contributed by atoms with Crippen molar-refractivity contribution in [1.82, 2.24) is 30.0 Å². The van der Waals surface area contributed by atoms with Gasteiger partial charge in [-0.05, 0) is 31.5 Å². The molecule has 172 valence electrons. The molecule has 0 radical (unpaired) electrons. The van der Waals surface area contributed by atoms with Crippen LogP contribution in [-0.2, 0) is 13.5 Å². The van der Waals surface area contributed by atoms with Gasteiger partial charge >= 0.3 is 0 Å². The number of carbonyl (C=O) groups is 1. The van der Waals surface area contributed by atoms with Gasteiger partial charge < -0.3 is 19.9 Å². The Bertz CT molecular complexity index is 1170. The zero-order valence-corrected chi connectivity index (χ0v) is 19.4. The van der Waals surface area contributed by atoms with Gasteiger partial charge in [0.15, 0.2) is 5.52 Å². The molecule has 0 spiro atoms. The molecular weight excluding hydrogens is 432 g/mol. The number of aryl methyl sites for hydroxylation is 2. The van der Waals surface area contributed by atoms with E-state index in [1.165, 1.54) is 0 Å². The van der Waals surface area contributed by atoms with Crippen LogP contribution < -0.4 is 15.6 Å². The molecule has 0 atom stereocenters. The van der Waals surface area contributed by atoms with Crippen LogP contribution in [0.5, 0.6) is 5.75 Å². The molecule has 0 bridgehead atoms. The van der Waals surface area contributed by atoms with E-state index in [-0.39, 0.29) is 23.9 Å². The third-order valence-electron chi connectivity index (χ3n) is 5.44. The smallest absolute Gasteiger partial charge is 0.277 e. The van der Waals surface area contributed by atoms with E-state index in [0.29, 0.717) is 53.4 Å². The van der Waals surface area contributed by atoms with E-state index in [4.69, 9.17) is 9.72 Å². The lowest BCUT2D eigenvalue weighted by molar-refractivity contribution is 0.0736. The number of piperazine rings is 1. The van der Waals surface area contributed by atoms with Crippen molar-refractivity contribution in [1.29, 1.82) is 0 Å². The monoisotopic (exact) mass is 460 g/mol. The Labute approximate surface area is 192 Å². The van der Waals surface area contributed by atoms with Gasteiger partial charge in [-0.2, -0.15) is 5.10 Å². The number of halogens is 1. The molecule has 1 aliphatic rings. The highest BCUT2D eigenvalue weighted by molar-refractivity contribution is 5.96. The van der Waals surface area contributed by atoms with E-state index in [0.717, 1.165) is 31.6 Å². The number of aromatic amines is 1. The number of hydrogen-bond acceptors (Lipinski definition) is 6. The number of fused-ring (bicyclic) bond motifs is 1. The van der Waals surface area contributed by atoms with Crippen molar-refractivity contribution in [3.8, 4) is 17.1 Å². The normalized spacial score (nSPS) is 13.8. The van der Waals surface area contributed by atoms with Gasteiger partial charge in [0.05, 0.1) is 17.9 Å². The second-order valence-corrected chi connectivity index (χ2v) is 7.62. The van der Waals surface area contributed by atoms with Gasteiger partial charge in [-0.3, -0.25) is 14.3 Å². The molecular formula is C22H29ClN6O3. The van der Waals surface area contributed by atoms with Gasteiger partial charge in [-0.1, -0.05) is 13.3 Å². The summed E-state index contributed by atoms with van der Waals surface area (Å²) in [5, 5.41) is 7.73. The Kier molecular flexibility index (Phi) is 7.52. The van der Waals surface area contributed by atoms with E-state index < -0.39 is 0 Å². The lowest BCUT2D eigenvalue weighted by Gasteiger charge is -2.27. The number of H-pyrrole nitrogens is 1. The fraction of sp³-hybridized carbons (Fsp3) is 0.455. The molecule has 3 aromatic rings. The number of carbonyl (C=O) groups excluding carboxylic acids is 1. The Balaban J connectivity index is 0.00000289. The lowest BCUT2D eigenvalue weighted by atomic mass is 10.1. The van der Waals surface area contributed by atoms with Gasteiger partial charge in [0.1, 0.15) is 17.1 Å². The van der Waals surface area contributed by atoms with Crippen molar-refractivity contribution in [3.63, 3.8) is 0 Å². The van der Waals surface area contributed by atoms with Gasteiger partial charge in [-0.25, -0.2) is 4.98 Å². The van der Waals surface area contributed by atoms with E-state index in [9.17, 15) is 9.59 Å². The highest BCUT2D eigenvalue weighted by Gasteiger charge is 2.22. The average molecular weight is 461 g/mol. The van der Waals surface area contributed by atoms with Crippen molar-refractivity contribution in [2.75, 3.05) is 32.8 Å². The number of nitrogens with one attached hydrogen (secondary N) is 2. The fourth-order valence-corrected chi connectivity index (χ4v) is 3.96.